The average molecular weight is 316 g/mol. The van der Waals surface area contributed by atoms with Crippen LogP contribution in [0.3, 0.4) is 0 Å². The Bertz CT molecular complexity index is 374. The van der Waals surface area contributed by atoms with Gasteiger partial charge in [0.1, 0.15) is 6.04 Å². The lowest BCUT2D eigenvalue weighted by molar-refractivity contribution is -0.123. The monoisotopic (exact) mass is 315 g/mol. The summed E-state index contributed by atoms with van der Waals surface area (Å²) < 4.78 is 4.81. The number of aryl methyl sites for hydroxylation is 2. The molecular weight excluding hydrogens is 297 g/mol. The summed E-state index contributed by atoms with van der Waals surface area (Å²) in [4.78, 5) is 16.8. The van der Waals surface area contributed by atoms with Crippen LogP contribution in [0.5, 0.6) is 0 Å². The highest BCUT2D eigenvalue weighted by Crippen LogP contribution is 2.16. The minimum Gasteiger partial charge on any atom is -0.383 e. The van der Waals surface area contributed by atoms with Crippen molar-refractivity contribution in [2.24, 2.45) is 5.73 Å². The van der Waals surface area contributed by atoms with E-state index in [-0.39, 0.29) is 37.3 Å². The van der Waals surface area contributed by atoms with Crippen LogP contribution in [-0.4, -0.2) is 30.6 Å². The molecule has 0 fully saturated rings. The first-order valence-electron chi connectivity index (χ1n) is 4.99. The summed E-state index contributed by atoms with van der Waals surface area (Å²) in [6, 6.07) is -0.612. The number of hydrogen-bond acceptors (Lipinski definition) is 5. The normalized spacial score (nSPS) is 11.1. The highest BCUT2D eigenvalue weighted by molar-refractivity contribution is 7.11. The number of halogens is 2. The number of amides is 1. The molecule has 0 aromatic carbocycles. The number of carbonyl (C=O) groups is 1. The largest absolute Gasteiger partial charge is 0.383 e. The maximum Gasteiger partial charge on any atom is 0.239 e. The van der Waals surface area contributed by atoms with Crippen molar-refractivity contribution in [1.29, 1.82) is 0 Å². The highest BCUT2D eigenvalue weighted by atomic mass is 35.5. The molecule has 1 amide bonds. The summed E-state index contributed by atoms with van der Waals surface area (Å²) in [7, 11) is 1.52. The highest BCUT2D eigenvalue weighted by Gasteiger charge is 2.13. The lowest BCUT2D eigenvalue weighted by Crippen LogP contribution is -2.43. The third kappa shape index (κ3) is 5.97. The van der Waals surface area contributed by atoms with E-state index >= 15 is 0 Å². The molecule has 0 spiro atoms. The van der Waals surface area contributed by atoms with Crippen LogP contribution >= 0.6 is 36.2 Å². The van der Waals surface area contributed by atoms with Crippen LogP contribution in [0.25, 0.3) is 0 Å². The number of rotatable bonds is 5. The van der Waals surface area contributed by atoms with Gasteiger partial charge in [0.2, 0.25) is 5.91 Å². The topological polar surface area (TPSA) is 77.2 Å². The second-order valence-corrected chi connectivity index (χ2v) is 4.81. The molecule has 1 unspecified atom stereocenters. The lowest BCUT2D eigenvalue weighted by Gasteiger charge is -2.10. The van der Waals surface area contributed by atoms with E-state index in [1.165, 1.54) is 7.11 Å². The Morgan fingerprint density at radius 3 is 2.56 bits per heavy atom. The molecule has 0 aliphatic heterocycles. The van der Waals surface area contributed by atoms with Gasteiger partial charge in [0.25, 0.3) is 0 Å². The number of hydrogen-bond donors (Lipinski definition) is 2. The van der Waals surface area contributed by atoms with E-state index in [9.17, 15) is 4.79 Å². The molecule has 0 aliphatic carbocycles. The Balaban J connectivity index is 0. The minimum absolute atomic E-state index is 0. The van der Waals surface area contributed by atoms with Crippen molar-refractivity contribution in [3.8, 4) is 0 Å². The van der Waals surface area contributed by atoms with E-state index in [0.717, 1.165) is 15.6 Å². The van der Waals surface area contributed by atoms with Crippen molar-refractivity contribution >= 4 is 42.1 Å². The van der Waals surface area contributed by atoms with E-state index in [1.807, 2.05) is 13.8 Å². The van der Waals surface area contributed by atoms with Crippen LogP contribution in [-0.2, 0) is 16.1 Å². The lowest BCUT2D eigenvalue weighted by atomic mass is 10.3. The van der Waals surface area contributed by atoms with E-state index < -0.39 is 6.04 Å². The number of aromatic nitrogens is 1. The maximum absolute atomic E-state index is 11.5. The van der Waals surface area contributed by atoms with Crippen LogP contribution in [0.15, 0.2) is 0 Å². The van der Waals surface area contributed by atoms with Crippen LogP contribution in [0.2, 0.25) is 0 Å². The molecule has 1 aromatic rings. The van der Waals surface area contributed by atoms with Gasteiger partial charge in [-0.3, -0.25) is 4.79 Å². The zero-order valence-electron chi connectivity index (χ0n) is 10.6. The number of nitrogens with two attached hydrogens (primary N) is 1. The standard InChI is InChI=1S/C10H17N3O2S.2ClH/c1-6-9(16-7(2)13-6)4-12-10(14)8(11)5-15-3;;/h8H,4-5,11H2,1-3H3,(H,12,14);2*1H. The number of nitrogens with one attached hydrogen (secondary N) is 1. The van der Waals surface area contributed by atoms with Crippen LogP contribution in [0, 0.1) is 13.8 Å². The van der Waals surface area contributed by atoms with Crippen LogP contribution in [0.1, 0.15) is 15.6 Å². The molecule has 0 radical (unpaired) electrons. The maximum atomic E-state index is 11.5. The van der Waals surface area contributed by atoms with E-state index in [0.29, 0.717) is 6.54 Å². The summed E-state index contributed by atoms with van der Waals surface area (Å²) in [5.74, 6) is -0.202. The Morgan fingerprint density at radius 2 is 2.11 bits per heavy atom. The Labute approximate surface area is 123 Å². The predicted molar refractivity (Wildman–Crippen MR) is 77.8 cm³/mol. The minimum atomic E-state index is -0.612. The van der Waals surface area contributed by atoms with Gasteiger partial charge in [-0.1, -0.05) is 0 Å². The van der Waals surface area contributed by atoms with Gasteiger partial charge in [0.05, 0.1) is 23.9 Å². The fourth-order valence-corrected chi connectivity index (χ4v) is 2.17. The average Bonchev–Trinajstić information content (AvgIpc) is 2.54. The predicted octanol–water partition coefficient (Wildman–Crippen LogP) is 1.19. The number of methoxy groups -OCH3 is 1. The molecule has 1 heterocycles. The van der Waals surface area contributed by atoms with E-state index in [4.69, 9.17) is 10.5 Å². The second kappa shape index (κ2) is 9.52. The molecule has 0 aliphatic rings. The Kier molecular flexibility index (Phi) is 10.5. The summed E-state index contributed by atoms with van der Waals surface area (Å²) in [5, 5.41) is 3.77. The molecule has 0 saturated heterocycles. The fourth-order valence-electron chi connectivity index (χ4n) is 1.29. The molecule has 106 valence electrons. The van der Waals surface area contributed by atoms with Gasteiger partial charge in [-0.25, -0.2) is 4.98 Å². The first kappa shape index (κ1) is 19.9. The summed E-state index contributed by atoms with van der Waals surface area (Å²) in [6.07, 6.45) is 0. The molecule has 18 heavy (non-hydrogen) atoms. The first-order chi connectivity index (χ1) is 7.54. The number of carbonyl (C=O) groups excluding carboxylic acids is 1. The van der Waals surface area contributed by atoms with Gasteiger partial charge >= 0.3 is 0 Å². The smallest absolute Gasteiger partial charge is 0.239 e. The fraction of sp³-hybridized carbons (Fsp3) is 0.600. The third-order valence-corrected chi connectivity index (χ3v) is 3.18. The third-order valence-electron chi connectivity index (χ3n) is 2.11. The van der Waals surface area contributed by atoms with Crippen molar-refractivity contribution in [2.75, 3.05) is 13.7 Å². The van der Waals surface area contributed by atoms with Gasteiger partial charge in [-0.2, -0.15) is 0 Å². The van der Waals surface area contributed by atoms with Gasteiger partial charge in [0.15, 0.2) is 0 Å². The van der Waals surface area contributed by atoms with Crippen molar-refractivity contribution in [3.05, 3.63) is 15.6 Å². The zero-order valence-corrected chi connectivity index (χ0v) is 13.0. The SMILES string of the molecule is COCC(N)C(=O)NCc1sc(C)nc1C.Cl.Cl. The Hall–Kier alpha value is -0.400. The van der Waals surface area contributed by atoms with Crippen molar-refractivity contribution < 1.29 is 9.53 Å². The molecule has 8 heteroatoms. The molecule has 0 saturated carbocycles. The first-order valence-corrected chi connectivity index (χ1v) is 5.81. The van der Waals surface area contributed by atoms with Gasteiger partial charge in [-0.05, 0) is 13.8 Å². The number of ether oxygens (including phenoxy) is 1. The van der Waals surface area contributed by atoms with Crippen LogP contribution < -0.4 is 11.1 Å². The summed E-state index contributed by atoms with van der Waals surface area (Å²) in [5.41, 5.74) is 6.55. The van der Waals surface area contributed by atoms with Gasteiger partial charge < -0.3 is 15.8 Å². The molecule has 5 nitrogen and oxygen atoms in total. The molecule has 3 N–H and O–H groups in total. The van der Waals surface area contributed by atoms with Crippen molar-refractivity contribution in [3.63, 3.8) is 0 Å². The van der Waals surface area contributed by atoms with Gasteiger partial charge in [-0.15, -0.1) is 36.2 Å². The van der Waals surface area contributed by atoms with Gasteiger partial charge in [0, 0.05) is 12.0 Å². The van der Waals surface area contributed by atoms with Crippen LogP contribution in [0.4, 0.5) is 0 Å². The van der Waals surface area contributed by atoms with E-state index in [2.05, 4.69) is 10.3 Å². The molecule has 1 atom stereocenters. The summed E-state index contributed by atoms with van der Waals surface area (Å²) >= 11 is 1.58. The second-order valence-electron chi connectivity index (χ2n) is 3.52. The summed E-state index contributed by atoms with van der Waals surface area (Å²) in [6.45, 7) is 4.58. The molecule has 0 bridgehead atoms. The van der Waals surface area contributed by atoms with Crippen molar-refractivity contribution in [2.45, 2.75) is 26.4 Å². The van der Waals surface area contributed by atoms with Crippen molar-refractivity contribution in [1.82, 2.24) is 10.3 Å². The number of nitrogens with zero attached hydrogens (tertiary/aromatic N) is 1. The molecular formula is C10H19Cl2N3O2S. The molecule has 1 aromatic heterocycles. The zero-order chi connectivity index (χ0) is 12.1. The quantitative estimate of drug-likeness (QED) is 0.855. The van der Waals surface area contributed by atoms with E-state index in [1.54, 1.807) is 11.3 Å². The number of thiazole rings is 1. The Morgan fingerprint density at radius 1 is 1.50 bits per heavy atom. The molecule has 1 rings (SSSR count).